The first kappa shape index (κ1) is 22.3. The summed E-state index contributed by atoms with van der Waals surface area (Å²) >= 11 is 1.67. The molecule has 4 rings (SSSR count). The van der Waals surface area contributed by atoms with Crippen LogP contribution in [-0.2, 0) is 19.1 Å². The lowest BCUT2D eigenvalue weighted by atomic mass is 9.67. The number of esters is 1. The molecule has 6 heteroatoms. The number of rotatable bonds is 5. The highest BCUT2D eigenvalue weighted by Gasteiger charge is 2.46. The van der Waals surface area contributed by atoms with Crippen LogP contribution in [0.4, 0.5) is 0 Å². The first-order valence-electron chi connectivity index (χ1n) is 11.0. The van der Waals surface area contributed by atoms with E-state index in [4.69, 9.17) is 14.5 Å². The number of ether oxygens (including phenoxy) is 2. The van der Waals surface area contributed by atoms with Crippen molar-refractivity contribution in [2.45, 2.75) is 63.4 Å². The Kier molecular flexibility index (Phi) is 6.40. The SMILES string of the molecule is CSc1ccc([C@@H]2C3=C(CC(C)(C)CC3=O)N=C(C)C2C(=O)OC[C@H]2CCCO2)cc1. The second-order valence-electron chi connectivity index (χ2n) is 9.55. The fraction of sp³-hybridized carbons (Fsp3) is 0.560. The van der Waals surface area contributed by atoms with Gasteiger partial charge in [0.2, 0.25) is 0 Å². The summed E-state index contributed by atoms with van der Waals surface area (Å²) in [5, 5.41) is 0. The Balaban J connectivity index is 1.70. The van der Waals surface area contributed by atoms with E-state index in [1.54, 1.807) is 11.8 Å². The fourth-order valence-corrected chi connectivity index (χ4v) is 5.37. The Bertz CT molecular complexity index is 925. The van der Waals surface area contributed by atoms with Crippen molar-refractivity contribution in [2.75, 3.05) is 19.5 Å². The number of Topliss-reactive ketones (excluding diaryl/α,β-unsaturated/α-hetero) is 1. The minimum atomic E-state index is -0.592. The average molecular weight is 442 g/mol. The van der Waals surface area contributed by atoms with E-state index in [1.165, 1.54) is 0 Å². The summed E-state index contributed by atoms with van der Waals surface area (Å²) in [4.78, 5) is 32.5. The quantitative estimate of drug-likeness (QED) is 0.478. The van der Waals surface area contributed by atoms with Crippen molar-refractivity contribution < 1.29 is 19.1 Å². The molecule has 1 unspecified atom stereocenters. The van der Waals surface area contributed by atoms with Crippen molar-refractivity contribution >= 4 is 29.2 Å². The molecule has 3 atom stereocenters. The van der Waals surface area contributed by atoms with Gasteiger partial charge in [0.05, 0.1) is 6.10 Å². The molecule has 0 N–H and O–H groups in total. The number of aliphatic imine (C=N–C) groups is 1. The second kappa shape index (κ2) is 8.91. The summed E-state index contributed by atoms with van der Waals surface area (Å²) in [6.07, 6.45) is 5.12. The summed E-state index contributed by atoms with van der Waals surface area (Å²) in [5.74, 6) is -1.17. The van der Waals surface area contributed by atoms with Gasteiger partial charge in [0.25, 0.3) is 0 Å². The van der Waals surface area contributed by atoms with Crippen molar-refractivity contribution in [3.05, 3.63) is 41.1 Å². The van der Waals surface area contributed by atoms with Gasteiger partial charge in [-0.15, -0.1) is 11.8 Å². The predicted octanol–water partition coefficient (Wildman–Crippen LogP) is 4.95. The third kappa shape index (κ3) is 4.65. The zero-order valence-corrected chi connectivity index (χ0v) is 19.6. The van der Waals surface area contributed by atoms with Crippen LogP contribution in [0.25, 0.3) is 0 Å². The standard InChI is InChI=1S/C25H31NO4S/c1-15-21(24(28)30-14-17-6-5-11-29-17)22(16-7-9-18(31-4)10-8-16)23-19(26-15)12-25(2,3)13-20(23)27/h7-10,17,21-22H,5-6,11-14H2,1-4H3/t17-,21?,22+/m1/s1. The highest BCUT2D eigenvalue weighted by molar-refractivity contribution is 7.98. The van der Waals surface area contributed by atoms with Gasteiger partial charge >= 0.3 is 5.97 Å². The maximum Gasteiger partial charge on any atom is 0.315 e. The lowest BCUT2D eigenvalue weighted by Crippen LogP contribution is -2.40. The van der Waals surface area contributed by atoms with E-state index in [0.717, 1.165) is 47.7 Å². The molecule has 31 heavy (non-hydrogen) atoms. The predicted molar refractivity (Wildman–Crippen MR) is 123 cm³/mol. The van der Waals surface area contributed by atoms with Crippen LogP contribution in [0, 0.1) is 11.3 Å². The van der Waals surface area contributed by atoms with Gasteiger partial charge in [0, 0.05) is 40.8 Å². The van der Waals surface area contributed by atoms with Gasteiger partial charge in [-0.2, -0.15) is 0 Å². The molecular formula is C25H31NO4S. The van der Waals surface area contributed by atoms with Crippen LogP contribution in [0.5, 0.6) is 0 Å². The molecule has 1 aromatic carbocycles. The van der Waals surface area contributed by atoms with E-state index in [0.29, 0.717) is 12.0 Å². The van der Waals surface area contributed by atoms with E-state index >= 15 is 0 Å². The van der Waals surface area contributed by atoms with Crippen molar-refractivity contribution in [1.82, 2.24) is 0 Å². The molecule has 0 aromatic heterocycles. The molecule has 1 fully saturated rings. The molecule has 5 nitrogen and oxygen atoms in total. The Morgan fingerprint density at radius 2 is 2.00 bits per heavy atom. The summed E-state index contributed by atoms with van der Waals surface area (Å²) in [7, 11) is 0. The second-order valence-corrected chi connectivity index (χ2v) is 10.4. The molecule has 166 valence electrons. The number of hydrogen-bond acceptors (Lipinski definition) is 6. The summed E-state index contributed by atoms with van der Waals surface area (Å²) < 4.78 is 11.3. The molecule has 0 amide bonds. The molecule has 0 bridgehead atoms. The van der Waals surface area contributed by atoms with E-state index in [9.17, 15) is 9.59 Å². The van der Waals surface area contributed by atoms with Crippen LogP contribution in [0.1, 0.15) is 57.9 Å². The average Bonchev–Trinajstić information content (AvgIpc) is 3.24. The van der Waals surface area contributed by atoms with Gasteiger partial charge in [0.1, 0.15) is 12.5 Å². The van der Waals surface area contributed by atoms with Crippen LogP contribution in [-0.4, -0.2) is 43.0 Å². The van der Waals surface area contributed by atoms with Gasteiger partial charge < -0.3 is 9.47 Å². The molecular weight excluding hydrogens is 410 g/mol. The number of nitrogens with zero attached hydrogens (tertiary/aromatic N) is 1. The number of hydrogen-bond donors (Lipinski definition) is 0. The van der Waals surface area contributed by atoms with Crippen molar-refractivity contribution in [2.24, 2.45) is 16.3 Å². The van der Waals surface area contributed by atoms with E-state index in [1.807, 2.05) is 37.4 Å². The van der Waals surface area contributed by atoms with Crippen LogP contribution < -0.4 is 0 Å². The molecule has 1 saturated heterocycles. The lowest BCUT2D eigenvalue weighted by molar-refractivity contribution is -0.149. The highest BCUT2D eigenvalue weighted by Crippen LogP contribution is 2.48. The number of carbonyl (C=O) groups excluding carboxylic acids is 2. The third-order valence-corrected chi connectivity index (χ3v) is 7.21. The van der Waals surface area contributed by atoms with Crippen LogP contribution in [0.15, 0.2) is 45.4 Å². The summed E-state index contributed by atoms with van der Waals surface area (Å²) in [6, 6.07) is 8.17. The van der Waals surface area contributed by atoms with E-state index in [-0.39, 0.29) is 35.8 Å². The topological polar surface area (TPSA) is 65.0 Å². The Morgan fingerprint density at radius 1 is 1.26 bits per heavy atom. The molecule has 3 aliphatic rings. The first-order valence-corrected chi connectivity index (χ1v) is 12.2. The zero-order valence-electron chi connectivity index (χ0n) is 18.8. The Hall–Kier alpha value is -1.92. The van der Waals surface area contributed by atoms with Gasteiger partial charge in [-0.3, -0.25) is 14.6 Å². The molecule has 1 aliphatic carbocycles. The van der Waals surface area contributed by atoms with Crippen LogP contribution >= 0.6 is 11.8 Å². The third-order valence-electron chi connectivity index (χ3n) is 6.47. The van der Waals surface area contributed by atoms with Crippen molar-refractivity contribution in [1.29, 1.82) is 0 Å². The van der Waals surface area contributed by atoms with E-state index in [2.05, 4.69) is 13.8 Å². The monoisotopic (exact) mass is 441 g/mol. The zero-order chi connectivity index (χ0) is 22.2. The Labute approximate surface area is 188 Å². The first-order chi connectivity index (χ1) is 14.8. The molecule has 1 aromatic rings. The van der Waals surface area contributed by atoms with Gasteiger partial charge in [-0.25, -0.2) is 0 Å². The largest absolute Gasteiger partial charge is 0.462 e. The summed E-state index contributed by atoms with van der Waals surface area (Å²) in [6.45, 7) is 7.06. The van der Waals surface area contributed by atoms with Crippen LogP contribution in [0.3, 0.4) is 0 Å². The smallest absolute Gasteiger partial charge is 0.315 e. The van der Waals surface area contributed by atoms with Crippen molar-refractivity contribution in [3.8, 4) is 0 Å². The van der Waals surface area contributed by atoms with Crippen molar-refractivity contribution in [3.63, 3.8) is 0 Å². The molecule has 2 heterocycles. The lowest BCUT2D eigenvalue weighted by Gasteiger charge is -2.39. The molecule has 2 aliphatic heterocycles. The van der Waals surface area contributed by atoms with Gasteiger partial charge in [0.15, 0.2) is 5.78 Å². The highest BCUT2D eigenvalue weighted by atomic mass is 32.2. The number of thioether (sulfide) groups is 1. The maximum atomic E-state index is 13.3. The number of ketones is 1. The van der Waals surface area contributed by atoms with Crippen LogP contribution in [0.2, 0.25) is 0 Å². The summed E-state index contributed by atoms with van der Waals surface area (Å²) in [5.41, 5.74) is 3.09. The van der Waals surface area contributed by atoms with Gasteiger partial charge in [-0.05, 0) is 55.6 Å². The molecule has 0 saturated carbocycles. The maximum absolute atomic E-state index is 13.3. The molecule has 0 spiro atoms. The fourth-order valence-electron chi connectivity index (χ4n) is 4.96. The van der Waals surface area contributed by atoms with E-state index < -0.39 is 5.92 Å². The number of carbonyl (C=O) groups is 2. The number of benzene rings is 1. The minimum absolute atomic E-state index is 0.0315. The Morgan fingerprint density at radius 3 is 2.65 bits per heavy atom. The number of allylic oxidation sites excluding steroid dienone is 2. The minimum Gasteiger partial charge on any atom is -0.462 e. The van der Waals surface area contributed by atoms with Gasteiger partial charge in [-0.1, -0.05) is 26.0 Å². The molecule has 0 radical (unpaired) electrons. The normalized spacial score (nSPS) is 27.7.